The Morgan fingerprint density at radius 3 is 2.88 bits per heavy atom. The van der Waals surface area contributed by atoms with Gasteiger partial charge in [-0.1, -0.05) is 12.1 Å². The lowest BCUT2D eigenvalue weighted by molar-refractivity contribution is -0.118. The summed E-state index contributed by atoms with van der Waals surface area (Å²) in [6.45, 7) is 2.73. The van der Waals surface area contributed by atoms with E-state index in [1.165, 1.54) is 0 Å². The van der Waals surface area contributed by atoms with Crippen LogP contribution < -0.4 is 11.1 Å². The molecule has 1 rings (SSSR count). The Balaban J connectivity index is 2.65. The summed E-state index contributed by atoms with van der Waals surface area (Å²) < 4.78 is 0. The van der Waals surface area contributed by atoms with E-state index in [1.54, 1.807) is 0 Å². The lowest BCUT2D eigenvalue weighted by atomic mass is 10.1. The summed E-state index contributed by atoms with van der Waals surface area (Å²) in [5, 5.41) is 13.0. The van der Waals surface area contributed by atoms with Crippen molar-refractivity contribution >= 4 is 11.6 Å². The quantitative estimate of drug-likeness (QED) is 0.640. The fourth-order valence-electron chi connectivity index (χ4n) is 1.58. The van der Waals surface area contributed by atoms with Crippen molar-refractivity contribution in [3.63, 3.8) is 0 Å². The highest BCUT2D eigenvalue weighted by Gasteiger charge is 2.06. The number of aromatic hydroxyl groups is 1. The average Bonchev–Trinajstić information content (AvgIpc) is 2.23. The van der Waals surface area contributed by atoms with Crippen LogP contribution in [0.15, 0.2) is 18.2 Å². The van der Waals surface area contributed by atoms with Gasteiger partial charge in [0.25, 0.3) is 0 Å². The predicted octanol–water partition coefficient (Wildman–Crippen LogP) is 1.63. The van der Waals surface area contributed by atoms with Gasteiger partial charge in [-0.2, -0.15) is 0 Å². The van der Waals surface area contributed by atoms with Crippen LogP contribution in [0.2, 0.25) is 0 Å². The molecule has 0 radical (unpaired) electrons. The van der Waals surface area contributed by atoms with E-state index in [1.807, 2.05) is 25.1 Å². The minimum atomic E-state index is -0.303. The predicted molar refractivity (Wildman–Crippen MR) is 64.4 cm³/mol. The molecule has 0 heterocycles. The van der Waals surface area contributed by atoms with Gasteiger partial charge in [0.2, 0.25) is 5.91 Å². The molecule has 16 heavy (non-hydrogen) atoms. The Hall–Kier alpha value is -1.71. The number of amides is 1. The largest absolute Gasteiger partial charge is 0.505 e. The minimum absolute atomic E-state index is 0.272. The highest BCUT2D eigenvalue weighted by atomic mass is 16.3. The maximum Gasteiger partial charge on any atom is 0.217 e. The zero-order valence-corrected chi connectivity index (χ0v) is 9.49. The number of aryl methyl sites for hydroxylation is 1. The van der Waals surface area contributed by atoms with Crippen molar-refractivity contribution in [1.29, 1.82) is 0 Å². The van der Waals surface area contributed by atoms with Crippen molar-refractivity contribution in [3.05, 3.63) is 23.8 Å². The van der Waals surface area contributed by atoms with Crippen LogP contribution in [-0.2, 0) is 11.2 Å². The molecule has 0 aliphatic carbocycles. The number of benzene rings is 1. The van der Waals surface area contributed by atoms with Crippen molar-refractivity contribution in [1.82, 2.24) is 0 Å². The standard InChI is InChI=1S/C12H18N2O2/c1-2-14-10-7-3-5-9(12(10)16)6-4-8-11(13)15/h3,5,7,14,16H,2,4,6,8H2,1H3,(H2,13,15). The van der Waals surface area contributed by atoms with Crippen LogP contribution in [0.5, 0.6) is 5.75 Å². The summed E-state index contributed by atoms with van der Waals surface area (Å²) in [7, 11) is 0. The second kappa shape index (κ2) is 6.00. The van der Waals surface area contributed by atoms with Gasteiger partial charge in [-0.25, -0.2) is 0 Å². The van der Waals surface area contributed by atoms with Gasteiger partial charge in [-0.15, -0.1) is 0 Å². The van der Waals surface area contributed by atoms with Crippen LogP contribution in [0, 0.1) is 0 Å². The molecule has 1 aromatic rings. The summed E-state index contributed by atoms with van der Waals surface area (Å²) in [5.41, 5.74) is 6.64. The maximum atomic E-state index is 10.6. The highest BCUT2D eigenvalue weighted by Crippen LogP contribution is 2.28. The fourth-order valence-corrected chi connectivity index (χ4v) is 1.58. The lowest BCUT2D eigenvalue weighted by Crippen LogP contribution is -2.10. The first-order valence-electron chi connectivity index (χ1n) is 5.48. The average molecular weight is 222 g/mol. The van der Waals surface area contributed by atoms with Gasteiger partial charge < -0.3 is 16.2 Å². The van der Waals surface area contributed by atoms with Crippen molar-refractivity contribution < 1.29 is 9.90 Å². The van der Waals surface area contributed by atoms with Gasteiger partial charge >= 0.3 is 0 Å². The summed E-state index contributed by atoms with van der Waals surface area (Å²) >= 11 is 0. The number of phenolic OH excluding ortho intramolecular Hbond substituents is 1. The van der Waals surface area contributed by atoms with E-state index in [2.05, 4.69) is 5.32 Å². The third-order valence-corrected chi connectivity index (χ3v) is 2.36. The second-order valence-electron chi connectivity index (χ2n) is 3.66. The molecule has 0 unspecified atom stereocenters. The van der Waals surface area contributed by atoms with Crippen LogP contribution in [0.3, 0.4) is 0 Å². The number of primary amides is 1. The molecule has 0 spiro atoms. The summed E-state index contributed by atoms with van der Waals surface area (Å²) in [4.78, 5) is 10.6. The molecule has 4 nitrogen and oxygen atoms in total. The lowest BCUT2D eigenvalue weighted by Gasteiger charge is -2.10. The fraction of sp³-hybridized carbons (Fsp3) is 0.417. The molecular weight excluding hydrogens is 204 g/mol. The number of carbonyl (C=O) groups excluding carboxylic acids is 1. The van der Waals surface area contributed by atoms with Crippen LogP contribution in [0.4, 0.5) is 5.69 Å². The topological polar surface area (TPSA) is 75.3 Å². The molecule has 0 saturated carbocycles. The summed E-state index contributed by atoms with van der Waals surface area (Å²) in [6.07, 6.45) is 1.68. The van der Waals surface area contributed by atoms with E-state index >= 15 is 0 Å². The molecule has 88 valence electrons. The molecule has 4 N–H and O–H groups in total. The van der Waals surface area contributed by atoms with E-state index in [-0.39, 0.29) is 11.7 Å². The molecule has 0 aliphatic heterocycles. The van der Waals surface area contributed by atoms with E-state index in [9.17, 15) is 9.90 Å². The number of hydrogen-bond acceptors (Lipinski definition) is 3. The first kappa shape index (κ1) is 12.4. The van der Waals surface area contributed by atoms with Gasteiger partial charge in [0.1, 0.15) is 5.75 Å². The number of anilines is 1. The maximum absolute atomic E-state index is 10.6. The SMILES string of the molecule is CCNc1cccc(CCCC(N)=O)c1O. The molecule has 0 fully saturated rings. The zero-order chi connectivity index (χ0) is 12.0. The number of hydrogen-bond donors (Lipinski definition) is 3. The van der Waals surface area contributed by atoms with Gasteiger partial charge in [0, 0.05) is 13.0 Å². The first-order valence-corrected chi connectivity index (χ1v) is 5.48. The Labute approximate surface area is 95.5 Å². The van der Waals surface area contributed by atoms with Gasteiger partial charge in [0.15, 0.2) is 0 Å². The summed E-state index contributed by atoms with van der Waals surface area (Å²) in [6, 6.07) is 5.57. The Morgan fingerprint density at radius 2 is 2.25 bits per heavy atom. The number of phenols is 1. The zero-order valence-electron chi connectivity index (χ0n) is 9.49. The molecule has 0 aromatic heterocycles. The normalized spacial score (nSPS) is 10.1. The van der Waals surface area contributed by atoms with Crippen LogP contribution in [0.25, 0.3) is 0 Å². The van der Waals surface area contributed by atoms with Gasteiger partial charge in [-0.3, -0.25) is 4.79 Å². The van der Waals surface area contributed by atoms with Crippen LogP contribution >= 0.6 is 0 Å². The van der Waals surface area contributed by atoms with E-state index < -0.39 is 0 Å². The number of nitrogens with two attached hydrogens (primary N) is 1. The Bertz CT molecular complexity index is 364. The molecule has 0 atom stereocenters. The Kier molecular flexibility index (Phi) is 4.64. The number of para-hydroxylation sites is 1. The van der Waals surface area contributed by atoms with Crippen molar-refractivity contribution in [3.8, 4) is 5.75 Å². The third-order valence-electron chi connectivity index (χ3n) is 2.36. The number of nitrogens with one attached hydrogen (secondary N) is 1. The highest BCUT2D eigenvalue weighted by molar-refractivity contribution is 5.73. The first-order chi connectivity index (χ1) is 7.65. The van der Waals surface area contributed by atoms with Crippen LogP contribution in [0.1, 0.15) is 25.3 Å². The van der Waals surface area contributed by atoms with Crippen molar-refractivity contribution in [2.75, 3.05) is 11.9 Å². The minimum Gasteiger partial charge on any atom is -0.505 e. The van der Waals surface area contributed by atoms with Gasteiger partial charge in [-0.05, 0) is 31.4 Å². The monoisotopic (exact) mass is 222 g/mol. The molecule has 0 bridgehead atoms. The Morgan fingerprint density at radius 1 is 1.50 bits per heavy atom. The molecule has 1 aromatic carbocycles. The van der Waals surface area contributed by atoms with E-state index in [0.717, 1.165) is 17.8 Å². The number of rotatable bonds is 6. The smallest absolute Gasteiger partial charge is 0.217 e. The van der Waals surface area contributed by atoms with Gasteiger partial charge in [0.05, 0.1) is 5.69 Å². The summed E-state index contributed by atoms with van der Waals surface area (Å²) in [5.74, 6) is -0.0313. The molecule has 1 amide bonds. The molecule has 4 heteroatoms. The molecular formula is C12H18N2O2. The van der Waals surface area contributed by atoms with Crippen molar-refractivity contribution in [2.45, 2.75) is 26.2 Å². The second-order valence-corrected chi connectivity index (χ2v) is 3.66. The van der Waals surface area contributed by atoms with E-state index in [4.69, 9.17) is 5.73 Å². The third kappa shape index (κ3) is 3.46. The number of carbonyl (C=O) groups is 1. The van der Waals surface area contributed by atoms with Crippen molar-refractivity contribution in [2.24, 2.45) is 5.73 Å². The molecule has 0 aliphatic rings. The van der Waals surface area contributed by atoms with E-state index in [0.29, 0.717) is 19.3 Å². The van der Waals surface area contributed by atoms with Crippen LogP contribution in [-0.4, -0.2) is 17.6 Å². The molecule has 0 saturated heterocycles.